The van der Waals surface area contributed by atoms with E-state index in [1.165, 1.54) is 23.3 Å². The van der Waals surface area contributed by atoms with Gasteiger partial charge in [0.2, 0.25) is 5.13 Å². The van der Waals surface area contributed by atoms with Crippen molar-refractivity contribution in [1.82, 2.24) is 14.6 Å². The lowest BCUT2D eigenvalue weighted by Gasteiger charge is -2.34. The zero-order valence-corrected chi connectivity index (χ0v) is 16.1. The van der Waals surface area contributed by atoms with Crippen LogP contribution in [0.25, 0.3) is 0 Å². The van der Waals surface area contributed by atoms with Crippen molar-refractivity contribution in [3.63, 3.8) is 0 Å². The van der Waals surface area contributed by atoms with Crippen LogP contribution in [0.3, 0.4) is 0 Å². The smallest absolute Gasteiger partial charge is 0.287 e. The van der Waals surface area contributed by atoms with Gasteiger partial charge in [0.05, 0.1) is 16.4 Å². The third kappa shape index (κ3) is 5.23. The summed E-state index contributed by atoms with van der Waals surface area (Å²) in [6, 6.07) is 0. The lowest BCUT2D eigenvalue weighted by Crippen LogP contribution is -2.41. The van der Waals surface area contributed by atoms with Crippen molar-refractivity contribution in [3.8, 4) is 0 Å². The summed E-state index contributed by atoms with van der Waals surface area (Å²) in [6.45, 7) is 7.33. The van der Waals surface area contributed by atoms with Gasteiger partial charge in [-0.3, -0.25) is 14.4 Å². The number of nitrogens with zero attached hydrogens (tertiary/aromatic N) is 4. The van der Waals surface area contributed by atoms with Crippen LogP contribution in [0.4, 0.5) is 5.13 Å². The maximum absolute atomic E-state index is 11.5. The van der Waals surface area contributed by atoms with Gasteiger partial charge in [0.15, 0.2) is 11.8 Å². The lowest BCUT2D eigenvalue weighted by atomic mass is 9.85. The molecule has 0 saturated carbocycles. The van der Waals surface area contributed by atoms with Crippen LogP contribution in [-0.4, -0.2) is 33.3 Å². The van der Waals surface area contributed by atoms with E-state index in [0.29, 0.717) is 36.2 Å². The van der Waals surface area contributed by atoms with Crippen LogP contribution in [0, 0.1) is 15.5 Å². The summed E-state index contributed by atoms with van der Waals surface area (Å²) in [7, 11) is 0. The van der Waals surface area contributed by atoms with Crippen LogP contribution in [0.15, 0.2) is 21.9 Å². The second kappa shape index (κ2) is 7.91. The van der Waals surface area contributed by atoms with E-state index in [2.05, 4.69) is 15.3 Å². The second-order valence-corrected chi connectivity index (χ2v) is 8.20. The molecule has 25 heavy (non-hydrogen) atoms. The predicted molar refractivity (Wildman–Crippen MR) is 102 cm³/mol. The van der Waals surface area contributed by atoms with E-state index in [1.54, 1.807) is 0 Å². The van der Waals surface area contributed by atoms with Gasteiger partial charge in [0.25, 0.3) is 5.70 Å². The van der Waals surface area contributed by atoms with E-state index in [4.69, 9.17) is 11.5 Å². The van der Waals surface area contributed by atoms with Gasteiger partial charge < -0.3 is 16.8 Å². The molecule has 0 amide bonds. The molecule has 1 aromatic rings. The summed E-state index contributed by atoms with van der Waals surface area (Å²) in [5.74, 6) is 1.12. The molecule has 0 bridgehead atoms. The number of guanidine groups is 1. The Labute approximate surface area is 154 Å². The molecule has 1 aliphatic heterocycles. The number of hydrogen-bond acceptors (Lipinski definition) is 8. The molecule has 5 N–H and O–H groups in total. The van der Waals surface area contributed by atoms with Crippen LogP contribution in [0.5, 0.6) is 0 Å². The van der Waals surface area contributed by atoms with Gasteiger partial charge in [-0.1, -0.05) is 13.8 Å². The van der Waals surface area contributed by atoms with E-state index in [9.17, 15) is 10.1 Å². The van der Waals surface area contributed by atoms with Crippen LogP contribution in [0.1, 0.15) is 32.9 Å². The predicted octanol–water partition coefficient (Wildman–Crippen LogP) is 1.98. The summed E-state index contributed by atoms with van der Waals surface area (Å²) in [5.41, 5.74) is 11.6. The molecule has 0 unspecified atom stereocenters. The number of nitro groups is 1. The van der Waals surface area contributed by atoms with Crippen molar-refractivity contribution in [1.29, 1.82) is 0 Å². The highest BCUT2D eigenvalue weighted by Crippen LogP contribution is 2.34. The number of allylic oxidation sites excluding steroid dienone is 1. The Morgan fingerprint density at radius 1 is 1.60 bits per heavy atom. The van der Waals surface area contributed by atoms with Gasteiger partial charge in [-0.25, -0.2) is 4.98 Å². The summed E-state index contributed by atoms with van der Waals surface area (Å²) in [6.07, 6.45) is 0.435. The largest absolute Gasteiger partial charge is 0.370 e. The van der Waals surface area contributed by atoms with Crippen LogP contribution in [-0.2, 0) is 5.75 Å². The first-order valence-electron chi connectivity index (χ1n) is 7.77. The average Bonchev–Trinajstić information content (AvgIpc) is 2.95. The fourth-order valence-corrected chi connectivity index (χ4v) is 4.12. The number of thiazole rings is 1. The Morgan fingerprint density at radius 2 is 2.32 bits per heavy atom. The minimum absolute atomic E-state index is 0.0291. The molecule has 11 heteroatoms. The van der Waals surface area contributed by atoms with Crippen molar-refractivity contribution in [3.05, 3.63) is 32.7 Å². The van der Waals surface area contributed by atoms with E-state index >= 15 is 0 Å². The number of nitrogens with two attached hydrogens (primary N) is 2. The maximum Gasteiger partial charge on any atom is 0.287 e. The van der Waals surface area contributed by atoms with Crippen molar-refractivity contribution >= 4 is 34.4 Å². The molecule has 138 valence electrons. The minimum Gasteiger partial charge on any atom is -0.370 e. The summed E-state index contributed by atoms with van der Waals surface area (Å²) >= 11 is 2.83. The zero-order chi connectivity index (χ0) is 18.6. The molecule has 0 fully saturated rings. The van der Waals surface area contributed by atoms with Crippen LogP contribution >= 0.6 is 23.3 Å². The number of aliphatic imine (C=N–C) groups is 1. The van der Waals surface area contributed by atoms with E-state index in [1.807, 2.05) is 30.5 Å². The van der Waals surface area contributed by atoms with E-state index in [-0.39, 0.29) is 22.0 Å². The molecule has 0 atom stereocenters. The Morgan fingerprint density at radius 3 is 2.92 bits per heavy atom. The molecule has 1 aromatic heterocycles. The summed E-state index contributed by atoms with van der Waals surface area (Å²) in [4.78, 5) is 19.4. The van der Waals surface area contributed by atoms with Crippen LogP contribution < -0.4 is 16.8 Å². The monoisotopic (exact) mass is 385 g/mol. The topological polar surface area (TPSA) is 136 Å². The lowest BCUT2D eigenvalue weighted by molar-refractivity contribution is -0.433. The number of rotatable bonds is 7. The molecule has 0 aliphatic carbocycles. The fourth-order valence-electron chi connectivity index (χ4n) is 2.39. The Balaban J connectivity index is 2.12. The highest BCUT2D eigenvalue weighted by atomic mass is 32.2. The standard InChI is InChI=1S/C14H23N7O2S2/c1-4-20(11-10(21(22)23)5-14(2,3)8-17-11)25-7-9-6-24-13(18-9)19-12(15)16/h6,17H,4-5,7-8H2,1-3H3,(H4,15,16,18,19). The Hall–Kier alpha value is -2.01. The fraction of sp³-hybridized carbons (Fsp3) is 0.571. The van der Waals surface area contributed by atoms with Gasteiger partial charge in [-0.05, 0) is 24.3 Å². The van der Waals surface area contributed by atoms with Crippen molar-refractivity contribution in [2.45, 2.75) is 32.9 Å². The summed E-state index contributed by atoms with van der Waals surface area (Å²) < 4.78 is 1.91. The van der Waals surface area contributed by atoms with Crippen LogP contribution in [0.2, 0.25) is 0 Å². The van der Waals surface area contributed by atoms with Gasteiger partial charge in [0.1, 0.15) is 0 Å². The first kappa shape index (κ1) is 19.3. The van der Waals surface area contributed by atoms with Gasteiger partial charge in [-0.2, -0.15) is 4.99 Å². The molecule has 0 radical (unpaired) electrons. The Bertz CT molecular complexity index is 695. The van der Waals surface area contributed by atoms with Gasteiger partial charge in [0, 0.05) is 24.9 Å². The molecule has 2 heterocycles. The van der Waals surface area contributed by atoms with Crippen molar-refractivity contribution in [2.75, 3.05) is 13.1 Å². The van der Waals surface area contributed by atoms with Crippen molar-refractivity contribution < 1.29 is 4.92 Å². The maximum atomic E-state index is 11.5. The molecule has 0 spiro atoms. The van der Waals surface area contributed by atoms with Gasteiger partial charge in [-0.15, -0.1) is 11.3 Å². The molecule has 0 aromatic carbocycles. The third-order valence-corrected chi connectivity index (χ3v) is 5.50. The number of hydrogen-bond donors (Lipinski definition) is 3. The average molecular weight is 386 g/mol. The molecular weight excluding hydrogens is 362 g/mol. The highest BCUT2D eigenvalue weighted by molar-refractivity contribution is 7.96. The molecule has 1 aliphatic rings. The first-order chi connectivity index (χ1) is 11.7. The normalized spacial score (nSPS) is 16.3. The number of aromatic nitrogens is 1. The Kier molecular flexibility index (Phi) is 6.11. The highest BCUT2D eigenvalue weighted by Gasteiger charge is 2.36. The SMILES string of the molecule is CCN(SCc1csc(N=C(N)N)n1)C1=C([N+](=O)[O-])CC(C)(C)CN1. The second-order valence-electron chi connectivity index (χ2n) is 6.37. The third-order valence-electron chi connectivity index (χ3n) is 3.54. The zero-order valence-electron chi connectivity index (χ0n) is 14.5. The van der Waals surface area contributed by atoms with Gasteiger partial charge >= 0.3 is 0 Å². The van der Waals surface area contributed by atoms with Crippen molar-refractivity contribution in [2.24, 2.45) is 21.9 Å². The molecule has 0 saturated heterocycles. The molecule has 2 rings (SSSR count). The summed E-state index contributed by atoms with van der Waals surface area (Å²) in [5, 5.41) is 17.1. The molecular formula is C14H23N7O2S2. The molecule has 9 nitrogen and oxygen atoms in total. The quantitative estimate of drug-likeness (QED) is 0.213. The first-order valence-corrected chi connectivity index (χ1v) is 9.60. The van der Waals surface area contributed by atoms with E-state index in [0.717, 1.165) is 5.69 Å². The minimum atomic E-state index is -0.286. The number of nitrogens with one attached hydrogen (secondary N) is 1. The van der Waals surface area contributed by atoms with E-state index < -0.39 is 0 Å².